The summed E-state index contributed by atoms with van der Waals surface area (Å²) in [4.78, 5) is 62.3. The number of carbonyl (C=O) groups excluding carboxylic acids is 4. The Bertz CT molecular complexity index is 927. The summed E-state index contributed by atoms with van der Waals surface area (Å²) in [7, 11) is 0. The Morgan fingerprint density at radius 3 is 2.32 bits per heavy atom. The summed E-state index contributed by atoms with van der Waals surface area (Å²) < 4.78 is 0. The van der Waals surface area contributed by atoms with E-state index in [1.54, 1.807) is 12.1 Å². The molecule has 34 heavy (non-hydrogen) atoms. The van der Waals surface area contributed by atoms with Gasteiger partial charge in [0.15, 0.2) is 0 Å². The number of rotatable bonds is 11. The first-order valence-electron chi connectivity index (χ1n) is 10.6. The Balaban J connectivity index is 2.07. The number of amides is 4. The Kier molecular flexibility index (Phi) is 9.69. The van der Waals surface area contributed by atoms with Gasteiger partial charge in [0.25, 0.3) is 0 Å². The fraction of sp³-hybridized carbons (Fsp3) is 0.476. The van der Waals surface area contributed by atoms with E-state index < -0.39 is 60.2 Å². The molecule has 4 atom stereocenters. The predicted octanol–water partition coefficient (Wildman–Crippen LogP) is -1.89. The highest BCUT2D eigenvalue weighted by Gasteiger charge is 2.38. The molecule has 1 saturated heterocycles. The van der Waals surface area contributed by atoms with Crippen molar-refractivity contribution in [2.75, 3.05) is 12.3 Å². The van der Waals surface area contributed by atoms with E-state index in [1.807, 2.05) is 0 Å². The lowest BCUT2D eigenvalue weighted by Crippen LogP contribution is -2.57. The molecule has 8 N–H and O–H groups in total. The Morgan fingerprint density at radius 2 is 1.76 bits per heavy atom. The molecule has 186 valence electrons. The number of hydrogen-bond acceptors (Lipinski definition) is 8. The first-order valence-corrected chi connectivity index (χ1v) is 11.2. The molecule has 4 amide bonds. The van der Waals surface area contributed by atoms with Crippen LogP contribution >= 0.6 is 12.6 Å². The third-order valence-electron chi connectivity index (χ3n) is 5.38. The molecule has 0 aliphatic carbocycles. The van der Waals surface area contributed by atoms with E-state index in [4.69, 9.17) is 16.6 Å². The van der Waals surface area contributed by atoms with Crippen LogP contribution < -0.4 is 22.1 Å². The van der Waals surface area contributed by atoms with Gasteiger partial charge in [-0.3, -0.25) is 19.2 Å². The van der Waals surface area contributed by atoms with Crippen molar-refractivity contribution in [3.8, 4) is 5.75 Å². The van der Waals surface area contributed by atoms with E-state index in [2.05, 4.69) is 23.3 Å². The van der Waals surface area contributed by atoms with Crippen LogP contribution in [-0.2, 0) is 30.4 Å². The molecule has 4 unspecified atom stereocenters. The van der Waals surface area contributed by atoms with E-state index in [0.29, 0.717) is 12.8 Å². The second-order valence-electron chi connectivity index (χ2n) is 7.98. The zero-order chi connectivity index (χ0) is 25.4. The predicted molar refractivity (Wildman–Crippen MR) is 124 cm³/mol. The van der Waals surface area contributed by atoms with Crippen LogP contribution in [-0.4, -0.2) is 81.2 Å². The van der Waals surface area contributed by atoms with Crippen molar-refractivity contribution < 1.29 is 34.2 Å². The maximum absolute atomic E-state index is 12.9. The van der Waals surface area contributed by atoms with Crippen molar-refractivity contribution in [3.05, 3.63) is 29.8 Å². The number of thiol groups is 1. The van der Waals surface area contributed by atoms with E-state index in [1.165, 1.54) is 17.0 Å². The number of nitrogens with zero attached hydrogens (tertiary/aromatic N) is 1. The van der Waals surface area contributed by atoms with Crippen LogP contribution in [0.4, 0.5) is 0 Å². The second kappa shape index (κ2) is 12.2. The van der Waals surface area contributed by atoms with E-state index in [9.17, 15) is 29.1 Å². The number of primary amides is 1. The van der Waals surface area contributed by atoms with Crippen molar-refractivity contribution in [1.82, 2.24) is 15.5 Å². The van der Waals surface area contributed by atoms with Gasteiger partial charge < -0.3 is 37.2 Å². The Morgan fingerprint density at radius 1 is 1.12 bits per heavy atom. The van der Waals surface area contributed by atoms with Crippen LogP contribution in [0.25, 0.3) is 0 Å². The summed E-state index contributed by atoms with van der Waals surface area (Å²) in [5.74, 6) is -4.38. The third kappa shape index (κ3) is 7.35. The van der Waals surface area contributed by atoms with Gasteiger partial charge in [-0.1, -0.05) is 12.1 Å². The lowest BCUT2D eigenvalue weighted by atomic mass is 10.0. The molecule has 12 nitrogen and oxygen atoms in total. The van der Waals surface area contributed by atoms with Crippen molar-refractivity contribution in [2.45, 2.75) is 49.9 Å². The van der Waals surface area contributed by atoms with Crippen LogP contribution in [0.1, 0.15) is 24.8 Å². The number of phenols is 1. The number of phenolic OH excluding ortho intramolecular Hbond substituents is 1. The van der Waals surface area contributed by atoms with Gasteiger partial charge in [0.05, 0.1) is 12.5 Å². The van der Waals surface area contributed by atoms with Crippen LogP contribution in [0.3, 0.4) is 0 Å². The number of likely N-dealkylation sites (tertiary alicyclic amines) is 1. The molecule has 0 aromatic heterocycles. The highest BCUT2D eigenvalue weighted by atomic mass is 32.1. The van der Waals surface area contributed by atoms with Crippen molar-refractivity contribution >= 4 is 42.2 Å². The van der Waals surface area contributed by atoms with Crippen LogP contribution in [0.2, 0.25) is 0 Å². The number of carbonyl (C=O) groups is 5. The maximum Gasteiger partial charge on any atom is 0.327 e. The van der Waals surface area contributed by atoms with Crippen LogP contribution in [0, 0.1) is 0 Å². The Labute approximate surface area is 201 Å². The van der Waals surface area contributed by atoms with Gasteiger partial charge in [-0.25, -0.2) is 4.79 Å². The van der Waals surface area contributed by atoms with Gasteiger partial charge >= 0.3 is 5.97 Å². The SMILES string of the molecule is NC(=O)CC(NC(=O)C1CCCN1C(=O)C(N)Cc1ccc(O)cc1)C(=O)NC(CS)C(=O)O. The van der Waals surface area contributed by atoms with Crippen molar-refractivity contribution in [1.29, 1.82) is 0 Å². The maximum atomic E-state index is 12.9. The largest absolute Gasteiger partial charge is 0.508 e. The lowest BCUT2D eigenvalue weighted by Gasteiger charge is -2.28. The molecule has 13 heteroatoms. The van der Waals surface area contributed by atoms with Crippen LogP contribution in [0.15, 0.2) is 24.3 Å². The molecule has 0 radical (unpaired) electrons. The smallest absolute Gasteiger partial charge is 0.327 e. The quantitative estimate of drug-likeness (QED) is 0.172. The van der Waals surface area contributed by atoms with Crippen molar-refractivity contribution in [2.24, 2.45) is 11.5 Å². The van der Waals surface area contributed by atoms with Crippen LogP contribution in [0.5, 0.6) is 5.75 Å². The summed E-state index contributed by atoms with van der Waals surface area (Å²) in [6.45, 7) is 0.285. The summed E-state index contributed by atoms with van der Waals surface area (Å²) in [5, 5.41) is 23.1. The lowest BCUT2D eigenvalue weighted by molar-refractivity contribution is -0.142. The molecule has 0 saturated carbocycles. The molecule has 0 spiro atoms. The zero-order valence-electron chi connectivity index (χ0n) is 18.3. The summed E-state index contributed by atoms with van der Waals surface area (Å²) in [6.07, 6.45) is 0.487. The van der Waals surface area contributed by atoms with Gasteiger partial charge in [-0.2, -0.15) is 12.6 Å². The fourth-order valence-corrected chi connectivity index (χ4v) is 3.87. The molecule has 0 bridgehead atoms. The molecule has 1 aliphatic heterocycles. The molecule has 1 aromatic carbocycles. The fourth-order valence-electron chi connectivity index (χ4n) is 3.63. The standard InChI is InChI=1S/C21H29N5O7S/c22-13(8-11-3-5-12(27)6-4-11)20(31)26-7-1-2-16(26)19(30)24-14(9-17(23)28)18(29)25-15(10-34)21(32)33/h3-6,13-16,27,34H,1-2,7-10,22H2,(H2,23,28)(H,24,30)(H,25,29)(H,32,33). The number of aliphatic carboxylic acids is 1. The molecular weight excluding hydrogens is 466 g/mol. The molecule has 1 aromatic rings. The van der Waals surface area contributed by atoms with E-state index >= 15 is 0 Å². The van der Waals surface area contributed by atoms with Crippen molar-refractivity contribution in [3.63, 3.8) is 0 Å². The minimum atomic E-state index is -1.42. The van der Waals surface area contributed by atoms with Gasteiger partial charge in [-0.05, 0) is 37.0 Å². The first-order chi connectivity index (χ1) is 16.0. The summed E-state index contributed by atoms with van der Waals surface area (Å²) in [6, 6.07) is 1.63. The highest BCUT2D eigenvalue weighted by molar-refractivity contribution is 7.80. The minimum Gasteiger partial charge on any atom is -0.508 e. The molecule has 1 fully saturated rings. The normalized spacial score (nSPS) is 17.9. The van der Waals surface area contributed by atoms with E-state index in [0.717, 1.165) is 5.56 Å². The number of aromatic hydroxyl groups is 1. The molecule has 1 aliphatic rings. The molecule has 1 heterocycles. The minimum absolute atomic E-state index is 0.0820. The number of carboxylic acid groups (broad SMARTS) is 1. The monoisotopic (exact) mass is 495 g/mol. The second-order valence-corrected chi connectivity index (χ2v) is 8.35. The number of hydrogen-bond donors (Lipinski definition) is 7. The highest BCUT2D eigenvalue weighted by Crippen LogP contribution is 2.20. The number of benzene rings is 1. The van der Waals surface area contributed by atoms with Gasteiger partial charge in [0.2, 0.25) is 23.6 Å². The average Bonchev–Trinajstić information content (AvgIpc) is 3.27. The van der Waals surface area contributed by atoms with Gasteiger partial charge in [0.1, 0.15) is 23.9 Å². The third-order valence-corrected chi connectivity index (χ3v) is 5.75. The summed E-state index contributed by atoms with van der Waals surface area (Å²) in [5.41, 5.74) is 12.0. The molecule has 2 rings (SSSR count). The first kappa shape index (κ1) is 26.9. The number of nitrogens with two attached hydrogens (primary N) is 2. The Hall–Kier alpha value is -3.32. The van der Waals surface area contributed by atoms with E-state index in [-0.39, 0.29) is 24.5 Å². The average molecular weight is 496 g/mol. The number of carboxylic acids is 1. The molecular formula is C21H29N5O7S. The summed E-state index contributed by atoms with van der Waals surface area (Å²) >= 11 is 3.86. The topological polar surface area (TPSA) is 205 Å². The zero-order valence-corrected chi connectivity index (χ0v) is 19.2. The number of nitrogens with one attached hydrogen (secondary N) is 2. The van der Waals surface area contributed by atoms with Gasteiger partial charge in [-0.15, -0.1) is 0 Å². The van der Waals surface area contributed by atoms with Gasteiger partial charge in [0, 0.05) is 12.3 Å².